The highest BCUT2D eigenvalue weighted by Gasteiger charge is 2.42. The lowest BCUT2D eigenvalue weighted by molar-refractivity contribution is 0.0131. The van der Waals surface area contributed by atoms with Crippen LogP contribution in [0.5, 0.6) is 5.75 Å². The molecule has 1 aliphatic heterocycles. The van der Waals surface area contributed by atoms with Crippen molar-refractivity contribution in [1.29, 1.82) is 0 Å². The van der Waals surface area contributed by atoms with Crippen molar-refractivity contribution >= 4 is 16.1 Å². The Morgan fingerprint density at radius 1 is 1.32 bits per heavy atom. The van der Waals surface area contributed by atoms with Crippen molar-refractivity contribution in [1.82, 2.24) is 4.90 Å². The van der Waals surface area contributed by atoms with Crippen LogP contribution in [0.4, 0.5) is 4.79 Å². The molecule has 1 aromatic carbocycles. The van der Waals surface area contributed by atoms with Crippen molar-refractivity contribution in [3.05, 3.63) is 24.3 Å². The van der Waals surface area contributed by atoms with Gasteiger partial charge >= 0.3 is 6.09 Å². The van der Waals surface area contributed by atoms with Gasteiger partial charge in [-0.2, -0.15) is 0 Å². The summed E-state index contributed by atoms with van der Waals surface area (Å²) >= 11 is 0. The number of carbonyl (C=O) groups excluding carboxylic acids is 1. The van der Waals surface area contributed by atoms with Gasteiger partial charge in [0.2, 0.25) is 10.0 Å². The number of benzene rings is 1. The second-order valence-electron chi connectivity index (χ2n) is 8.98. The smallest absolute Gasteiger partial charge is 0.410 e. The first-order valence-electron chi connectivity index (χ1n) is 9.54. The first-order chi connectivity index (χ1) is 12.8. The highest BCUT2D eigenvalue weighted by atomic mass is 32.2. The van der Waals surface area contributed by atoms with Gasteiger partial charge in [0.05, 0.1) is 11.5 Å². The fourth-order valence-electron chi connectivity index (χ4n) is 3.52. The number of hydrogen-bond acceptors (Lipinski definition) is 5. The van der Waals surface area contributed by atoms with Gasteiger partial charge in [0.15, 0.2) is 0 Å². The third-order valence-corrected chi connectivity index (χ3v) is 5.64. The summed E-state index contributed by atoms with van der Waals surface area (Å²) in [6.45, 7) is 10.9. The van der Waals surface area contributed by atoms with Crippen molar-refractivity contribution in [3.63, 3.8) is 0 Å². The normalized spacial score (nSPS) is 19.5. The molecule has 28 heavy (non-hydrogen) atoms. The predicted molar refractivity (Wildman–Crippen MR) is 108 cm³/mol. The fraction of sp³-hybridized carbons (Fsp3) is 0.650. The number of likely N-dealkylation sites (tertiary alicyclic amines) is 1. The van der Waals surface area contributed by atoms with Crippen molar-refractivity contribution < 1.29 is 22.7 Å². The molecule has 0 saturated carbocycles. The van der Waals surface area contributed by atoms with E-state index in [1.807, 2.05) is 25.7 Å². The summed E-state index contributed by atoms with van der Waals surface area (Å²) in [5.74, 6) is 0.857. The van der Waals surface area contributed by atoms with E-state index in [-0.39, 0.29) is 16.5 Å². The summed E-state index contributed by atoms with van der Waals surface area (Å²) in [6, 6.07) is 6.18. The van der Waals surface area contributed by atoms with Gasteiger partial charge in [0, 0.05) is 18.2 Å². The minimum atomic E-state index is -3.74. The molecule has 158 valence electrons. The Balaban J connectivity index is 1.83. The highest BCUT2D eigenvalue weighted by molar-refractivity contribution is 7.89. The number of carbonyl (C=O) groups is 1. The standard InChI is InChI=1S/C20H32N2O5S/c1-19(2,3)27-18(23)22-14-15(13-20(22,4)5)8-7-11-26-16-9-6-10-17(12-16)28(21,24)25/h6,9-10,12,15H,7-8,11,13-14H2,1-5H3,(H2,21,24,25). The van der Waals surface area contributed by atoms with E-state index < -0.39 is 15.6 Å². The molecule has 2 rings (SSSR count). The minimum Gasteiger partial charge on any atom is -0.494 e. The Morgan fingerprint density at radius 2 is 2.00 bits per heavy atom. The van der Waals surface area contributed by atoms with Gasteiger partial charge < -0.3 is 14.4 Å². The first kappa shape index (κ1) is 22.5. The molecule has 1 unspecified atom stereocenters. The molecule has 7 nitrogen and oxygen atoms in total. The molecule has 1 heterocycles. The highest BCUT2D eigenvalue weighted by Crippen LogP contribution is 2.36. The quantitative estimate of drug-likeness (QED) is 0.721. The van der Waals surface area contributed by atoms with E-state index in [4.69, 9.17) is 14.6 Å². The van der Waals surface area contributed by atoms with Gasteiger partial charge in [-0.1, -0.05) is 6.07 Å². The Bertz CT molecular complexity index is 799. The number of primary sulfonamides is 1. The second kappa shape index (κ2) is 8.29. The van der Waals surface area contributed by atoms with Crippen LogP contribution in [0, 0.1) is 5.92 Å². The molecule has 1 saturated heterocycles. The van der Waals surface area contributed by atoms with Crippen LogP contribution >= 0.6 is 0 Å². The maximum atomic E-state index is 12.5. The summed E-state index contributed by atoms with van der Waals surface area (Å²) in [7, 11) is -3.74. The minimum absolute atomic E-state index is 0.0375. The molecule has 0 aliphatic carbocycles. The van der Waals surface area contributed by atoms with E-state index >= 15 is 0 Å². The van der Waals surface area contributed by atoms with E-state index in [1.54, 1.807) is 12.1 Å². The lowest BCUT2D eigenvalue weighted by Crippen LogP contribution is -2.45. The molecule has 0 bridgehead atoms. The van der Waals surface area contributed by atoms with Gasteiger partial charge in [-0.25, -0.2) is 18.4 Å². The van der Waals surface area contributed by atoms with E-state index in [1.165, 1.54) is 12.1 Å². The Labute approximate surface area is 168 Å². The zero-order valence-corrected chi connectivity index (χ0v) is 18.2. The third-order valence-electron chi connectivity index (χ3n) is 4.73. The molecular weight excluding hydrogens is 380 g/mol. The van der Waals surface area contributed by atoms with Crippen LogP contribution in [0.1, 0.15) is 53.9 Å². The molecule has 0 radical (unpaired) electrons. The van der Waals surface area contributed by atoms with Crippen molar-refractivity contribution in [2.75, 3.05) is 13.2 Å². The zero-order chi connectivity index (χ0) is 21.2. The predicted octanol–water partition coefficient (Wildman–Crippen LogP) is 3.53. The largest absolute Gasteiger partial charge is 0.494 e. The van der Waals surface area contributed by atoms with Crippen molar-refractivity contribution in [3.8, 4) is 5.75 Å². The van der Waals surface area contributed by atoms with Gasteiger partial charge in [0.25, 0.3) is 0 Å². The monoisotopic (exact) mass is 412 g/mol. The molecule has 0 aromatic heterocycles. The van der Waals surface area contributed by atoms with Gasteiger partial charge in [-0.15, -0.1) is 0 Å². The summed E-state index contributed by atoms with van der Waals surface area (Å²) in [6.07, 6.45) is 2.36. The summed E-state index contributed by atoms with van der Waals surface area (Å²) in [5.41, 5.74) is -0.748. The molecule has 1 amide bonds. The topological polar surface area (TPSA) is 98.9 Å². The number of amides is 1. The number of sulfonamides is 1. The van der Waals surface area contributed by atoms with E-state index in [0.717, 1.165) is 19.3 Å². The van der Waals surface area contributed by atoms with Crippen LogP contribution in [-0.4, -0.2) is 43.7 Å². The Kier molecular flexibility index (Phi) is 6.66. The zero-order valence-electron chi connectivity index (χ0n) is 17.4. The summed E-state index contributed by atoms with van der Waals surface area (Å²) < 4.78 is 34.0. The van der Waals surface area contributed by atoms with Crippen LogP contribution in [0.3, 0.4) is 0 Å². The molecule has 8 heteroatoms. The maximum absolute atomic E-state index is 12.5. The number of ether oxygens (including phenoxy) is 2. The summed E-state index contributed by atoms with van der Waals surface area (Å²) in [4.78, 5) is 14.3. The van der Waals surface area contributed by atoms with Gasteiger partial charge in [0.1, 0.15) is 11.4 Å². The first-order valence-corrected chi connectivity index (χ1v) is 11.1. The molecule has 1 aromatic rings. The molecular formula is C20H32N2O5S. The number of hydrogen-bond donors (Lipinski definition) is 1. The molecule has 0 spiro atoms. The molecule has 1 aliphatic rings. The Hall–Kier alpha value is -1.80. The Morgan fingerprint density at radius 3 is 2.61 bits per heavy atom. The SMILES string of the molecule is CC(C)(C)OC(=O)N1CC(CCCOc2cccc(S(N)(=O)=O)c2)CC1(C)C. The fourth-order valence-corrected chi connectivity index (χ4v) is 4.07. The van der Waals surface area contributed by atoms with Crippen molar-refractivity contribution in [2.45, 2.75) is 69.9 Å². The average Bonchev–Trinajstić information content (AvgIpc) is 2.84. The van der Waals surface area contributed by atoms with Crippen LogP contribution in [-0.2, 0) is 14.8 Å². The van der Waals surface area contributed by atoms with Crippen LogP contribution < -0.4 is 9.88 Å². The van der Waals surface area contributed by atoms with E-state index in [9.17, 15) is 13.2 Å². The number of nitrogens with two attached hydrogens (primary N) is 1. The van der Waals surface area contributed by atoms with Crippen LogP contribution in [0.25, 0.3) is 0 Å². The summed E-state index contributed by atoms with van der Waals surface area (Å²) in [5, 5.41) is 5.14. The molecule has 1 atom stereocenters. The van der Waals surface area contributed by atoms with Crippen molar-refractivity contribution in [2.24, 2.45) is 11.1 Å². The average molecular weight is 413 g/mol. The third kappa shape index (κ3) is 6.38. The van der Waals surface area contributed by atoms with Crippen LogP contribution in [0.15, 0.2) is 29.2 Å². The van der Waals surface area contributed by atoms with E-state index in [0.29, 0.717) is 24.8 Å². The maximum Gasteiger partial charge on any atom is 0.410 e. The number of rotatable bonds is 6. The van der Waals surface area contributed by atoms with Gasteiger partial charge in [-0.05, 0) is 71.9 Å². The van der Waals surface area contributed by atoms with Crippen LogP contribution in [0.2, 0.25) is 0 Å². The molecule has 1 fully saturated rings. The van der Waals surface area contributed by atoms with Gasteiger partial charge in [-0.3, -0.25) is 0 Å². The van der Waals surface area contributed by atoms with E-state index in [2.05, 4.69) is 13.8 Å². The lowest BCUT2D eigenvalue weighted by atomic mass is 9.93. The lowest BCUT2D eigenvalue weighted by Gasteiger charge is -2.33. The second-order valence-corrected chi connectivity index (χ2v) is 10.5. The molecule has 2 N–H and O–H groups in total. The number of nitrogens with zero attached hydrogens (tertiary/aromatic N) is 1.